The summed E-state index contributed by atoms with van der Waals surface area (Å²) in [5.41, 5.74) is 2.32. The fourth-order valence-electron chi connectivity index (χ4n) is 2.18. The van der Waals surface area contributed by atoms with Gasteiger partial charge in [0.15, 0.2) is 10.9 Å². The molecule has 0 saturated heterocycles. The van der Waals surface area contributed by atoms with E-state index in [0.717, 1.165) is 5.56 Å². The SMILES string of the molecule is Cc1ccccc1CSc1ncc(Cl)c(C(=O)Oc2ccc(Cl)cc2Cl)n1. The normalized spacial score (nSPS) is 10.7. The number of hydrogen-bond acceptors (Lipinski definition) is 5. The lowest BCUT2D eigenvalue weighted by molar-refractivity contribution is 0.0727. The maximum absolute atomic E-state index is 12.5. The molecule has 2 aromatic carbocycles. The first-order valence-electron chi connectivity index (χ1n) is 7.81. The molecule has 4 nitrogen and oxygen atoms in total. The zero-order valence-electron chi connectivity index (χ0n) is 14.1. The molecule has 0 N–H and O–H groups in total. The lowest BCUT2D eigenvalue weighted by Gasteiger charge is -2.08. The molecule has 0 aliphatic heterocycles. The molecular weight excluding hydrogens is 427 g/mol. The molecular formula is C19H13Cl3N2O2S. The lowest BCUT2D eigenvalue weighted by atomic mass is 10.1. The number of ether oxygens (including phenoxy) is 1. The van der Waals surface area contributed by atoms with Crippen molar-refractivity contribution in [2.24, 2.45) is 0 Å². The Balaban J connectivity index is 1.76. The smallest absolute Gasteiger partial charge is 0.364 e. The van der Waals surface area contributed by atoms with Gasteiger partial charge in [-0.15, -0.1) is 0 Å². The first-order chi connectivity index (χ1) is 12.9. The van der Waals surface area contributed by atoms with Crippen molar-refractivity contribution in [3.63, 3.8) is 0 Å². The van der Waals surface area contributed by atoms with Crippen molar-refractivity contribution < 1.29 is 9.53 Å². The quantitative estimate of drug-likeness (QED) is 0.203. The largest absolute Gasteiger partial charge is 0.420 e. The second-order valence-corrected chi connectivity index (χ2v) is 7.72. The molecule has 0 amide bonds. The van der Waals surface area contributed by atoms with E-state index in [-0.39, 0.29) is 21.5 Å². The van der Waals surface area contributed by atoms with Crippen LogP contribution in [0.25, 0.3) is 0 Å². The van der Waals surface area contributed by atoms with Crippen molar-refractivity contribution in [3.8, 4) is 5.75 Å². The first kappa shape index (κ1) is 20.0. The van der Waals surface area contributed by atoms with Crippen LogP contribution in [0.3, 0.4) is 0 Å². The van der Waals surface area contributed by atoms with Crippen molar-refractivity contribution in [2.75, 3.05) is 0 Å². The highest BCUT2D eigenvalue weighted by Crippen LogP contribution is 2.29. The summed E-state index contributed by atoms with van der Waals surface area (Å²) in [6.07, 6.45) is 1.38. The van der Waals surface area contributed by atoms with Gasteiger partial charge in [-0.1, -0.05) is 70.8 Å². The van der Waals surface area contributed by atoms with Gasteiger partial charge in [-0.05, 0) is 36.2 Å². The van der Waals surface area contributed by atoms with E-state index < -0.39 is 5.97 Å². The summed E-state index contributed by atoms with van der Waals surface area (Å²) >= 11 is 19.4. The number of rotatable bonds is 5. The lowest BCUT2D eigenvalue weighted by Crippen LogP contribution is -2.12. The van der Waals surface area contributed by atoms with Crippen molar-refractivity contribution in [1.82, 2.24) is 9.97 Å². The number of hydrogen-bond donors (Lipinski definition) is 0. The Morgan fingerprint density at radius 2 is 1.89 bits per heavy atom. The van der Waals surface area contributed by atoms with Gasteiger partial charge in [0.2, 0.25) is 0 Å². The molecule has 3 aromatic rings. The minimum absolute atomic E-state index is 0.0232. The molecule has 0 aliphatic carbocycles. The van der Waals surface area contributed by atoms with Crippen LogP contribution in [-0.4, -0.2) is 15.9 Å². The second kappa shape index (κ2) is 8.93. The molecule has 0 saturated carbocycles. The van der Waals surface area contributed by atoms with Gasteiger partial charge in [0.05, 0.1) is 16.2 Å². The number of benzene rings is 2. The molecule has 0 fully saturated rings. The molecule has 0 bridgehead atoms. The number of esters is 1. The Morgan fingerprint density at radius 3 is 2.63 bits per heavy atom. The molecule has 1 heterocycles. The topological polar surface area (TPSA) is 52.1 Å². The summed E-state index contributed by atoms with van der Waals surface area (Å²) in [5.74, 6) is 0.130. The van der Waals surface area contributed by atoms with E-state index >= 15 is 0 Å². The van der Waals surface area contributed by atoms with Crippen LogP contribution < -0.4 is 4.74 Å². The van der Waals surface area contributed by atoms with Crippen molar-refractivity contribution in [1.29, 1.82) is 0 Å². The van der Waals surface area contributed by atoms with E-state index in [1.807, 2.05) is 31.2 Å². The Morgan fingerprint density at radius 1 is 1.11 bits per heavy atom. The average molecular weight is 440 g/mol. The minimum Gasteiger partial charge on any atom is -0.420 e. The fourth-order valence-corrected chi connectivity index (χ4v) is 3.69. The van der Waals surface area contributed by atoms with E-state index in [0.29, 0.717) is 15.9 Å². The molecule has 0 aliphatic rings. The molecule has 3 rings (SSSR count). The van der Waals surface area contributed by atoms with Crippen molar-refractivity contribution >= 4 is 52.5 Å². The van der Waals surface area contributed by atoms with E-state index in [4.69, 9.17) is 39.5 Å². The van der Waals surface area contributed by atoms with E-state index in [2.05, 4.69) is 9.97 Å². The summed E-state index contributed by atoms with van der Waals surface area (Å²) in [7, 11) is 0. The molecule has 138 valence electrons. The number of nitrogens with zero attached hydrogens (tertiary/aromatic N) is 2. The fraction of sp³-hybridized carbons (Fsp3) is 0.105. The third kappa shape index (κ3) is 5.14. The number of thioether (sulfide) groups is 1. The molecule has 0 spiro atoms. The standard InChI is InChI=1S/C19H13Cl3N2O2S/c1-11-4-2-3-5-12(11)10-27-19-23-9-15(22)17(24-19)18(25)26-16-7-6-13(20)8-14(16)21/h2-9H,10H2,1H3. The second-order valence-electron chi connectivity index (χ2n) is 5.53. The Labute approximate surface area is 175 Å². The summed E-state index contributed by atoms with van der Waals surface area (Å²) in [6, 6.07) is 12.6. The number of aromatic nitrogens is 2. The van der Waals surface area contributed by atoms with Crippen LogP contribution in [0.15, 0.2) is 53.8 Å². The van der Waals surface area contributed by atoms with Gasteiger partial charge >= 0.3 is 5.97 Å². The summed E-state index contributed by atoms with van der Waals surface area (Å²) in [4.78, 5) is 20.9. The highest BCUT2D eigenvalue weighted by Gasteiger charge is 2.18. The Kier molecular flexibility index (Phi) is 6.60. The van der Waals surface area contributed by atoms with Gasteiger partial charge in [0.25, 0.3) is 0 Å². The van der Waals surface area contributed by atoms with E-state index in [1.165, 1.54) is 35.7 Å². The van der Waals surface area contributed by atoms with Crippen LogP contribution >= 0.6 is 46.6 Å². The number of aryl methyl sites for hydroxylation is 1. The van der Waals surface area contributed by atoms with Crippen LogP contribution in [0.2, 0.25) is 15.1 Å². The van der Waals surface area contributed by atoms with Crippen LogP contribution in [0.5, 0.6) is 5.75 Å². The molecule has 0 radical (unpaired) electrons. The molecule has 1 aromatic heterocycles. The third-order valence-electron chi connectivity index (χ3n) is 3.63. The predicted molar refractivity (Wildman–Crippen MR) is 109 cm³/mol. The summed E-state index contributed by atoms with van der Waals surface area (Å²) < 4.78 is 5.29. The van der Waals surface area contributed by atoms with Crippen LogP contribution in [0.4, 0.5) is 0 Å². The zero-order chi connectivity index (χ0) is 19.4. The van der Waals surface area contributed by atoms with Gasteiger partial charge in [-0.25, -0.2) is 14.8 Å². The minimum atomic E-state index is -0.718. The van der Waals surface area contributed by atoms with Gasteiger partial charge in [0.1, 0.15) is 5.75 Å². The number of carbonyl (C=O) groups excluding carboxylic acids is 1. The van der Waals surface area contributed by atoms with Crippen LogP contribution in [0.1, 0.15) is 21.6 Å². The average Bonchev–Trinajstić information content (AvgIpc) is 2.64. The van der Waals surface area contributed by atoms with Gasteiger partial charge in [-0.2, -0.15) is 0 Å². The van der Waals surface area contributed by atoms with Crippen LogP contribution in [-0.2, 0) is 5.75 Å². The monoisotopic (exact) mass is 438 g/mol. The molecule has 0 unspecified atom stereocenters. The molecule has 8 heteroatoms. The van der Waals surface area contributed by atoms with Gasteiger partial charge < -0.3 is 4.74 Å². The molecule has 27 heavy (non-hydrogen) atoms. The maximum atomic E-state index is 12.5. The highest BCUT2D eigenvalue weighted by atomic mass is 35.5. The summed E-state index contributed by atoms with van der Waals surface area (Å²) in [5, 5.41) is 1.19. The number of halogens is 3. The first-order valence-corrected chi connectivity index (χ1v) is 9.93. The Hall–Kier alpha value is -1.79. The van der Waals surface area contributed by atoms with Crippen LogP contribution in [0, 0.1) is 6.92 Å². The number of carbonyl (C=O) groups is 1. The highest BCUT2D eigenvalue weighted by molar-refractivity contribution is 7.98. The van der Waals surface area contributed by atoms with E-state index in [9.17, 15) is 4.79 Å². The Bertz CT molecular complexity index is 998. The summed E-state index contributed by atoms with van der Waals surface area (Å²) in [6.45, 7) is 2.04. The van der Waals surface area contributed by atoms with Crippen molar-refractivity contribution in [2.45, 2.75) is 17.8 Å². The predicted octanol–water partition coefficient (Wildman–Crippen LogP) is 6.26. The van der Waals surface area contributed by atoms with Crippen molar-refractivity contribution in [3.05, 3.63) is 80.6 Å². The zero-order valence-corrected chi connectivity index (χ0v) is 17.2. The third-order valence-corrected chi connectivity index (χ3v) is 5.35. The molecule has 0 atom stereocenters. The van der Waals surface area contributed by atoms with Gasteiger partial charge in [0, 0.05) is 10.8 Å². The maximum Gasteiger partial charge on any atom is 0.364 e. The van der Waals surface area contributed by atoms with E-state index in [1.54, 1.807) is 6.07 Å². The van der Waals surface area contributed by atoms with Gasteiger partial charge in [-0.3, -0.25) is 0 Å².